The van der Waals surface area contributed by atoms with Crippen LogP contribution in [0.15, 0.2) is 24.3 Å². The van der Waals surface area contributed by atoms with Gasteiger partial charge in [0.25, 0.3) is 0 Å². The van der Waals surface area contributed by atoms with Crippen molar-refractivity contribution in [2.45, 2.75) is 45.4 Å². The molecular formula is C18H31NO2. The van der Waals surface area contributed by atoms with E-state index in [9.17, 15) is 0 Å². The maximum absolute atomic E-state index is 8.74. The van der Waals surface area contributed by atoms with Crippen LogP contribution in [0.3, 0.4) is 0 Å². The van der Waals surface area contributed by atoms with E-state index in [1.54, 1.807) is 0 Å². The van der Waals surface area contributed by atoms with Gasteiger partial charge in [-0.05, 0) is 56.0 Å². The maximum Gasteiger partial charge on any atom is 0.119 e. The average Bonchev–Trinajstić information content (AvgIpc) is 2.43. The number of rotatable bonds is 9. The molecule has 0 amide bonds. The van der Waals surface area contributed by atoms with Crippen LogP contribution in [0.2, 0.25) is 0 Å². The van der Waals surface area contributed by atoms with E-state index >= 15 is 0 Å². The van der Waals surface area contributed by atoms with Crippen molar-refractivity contribution in [1.29, 1.82) is 0 Å². The Kier molecular flexibility index (Phi) is 7.76. The maximum atomic E-state index is 8.74. The van der Waals surface area contributed by atoms with Crippen LogP contribution in [0, 0.1) is 0 Å². The Morgan fingerprint density at radius 3 is 2.24 bits per heavy atom. The van der Waals surface area contributed by atoms with Crippen molar-refractivity contribution in [1.82, 2.24) is 4.90 Å². The van der Waals surface area contributed by atoms with E-state index in [0.717, 1.165) is 38.1 Å². The highest BCUT2D eigenvalue weighted by molar-refractivity contribution is 5.31. The van der Waals surface area contributed by atoms with Gasteiger partial charge in [-0.3, -0.25) is 0 Å². The second-order valence-electron chi connectivity index (χ2n) is 6.71. The second kappa shape index (κ2) is 9.06. The summed E-state index contributed by atoms with van der Waals surface area (Å²) in [5.41, 5.74) is 1.52. The zero-order valence-electron chi connectivity index (χ0n) is 14.1. The predicted molar refractivity (Wildman–Crippen MR) is 89.1 cm³/mol. The fraction of sp³-hybridized carbons (Fsp3) is 0.667. The van der Waals surface area contributed by atoms with Crippen LogP contribution < -0.4 is 4.74 Å². The van der Waals surface area contributed by atoms with Gasteiger partial charge in [-0.15, -0.1) is 0 Å². The number of ether oxygens (including phenoxy) is 1. The number of likely N-dealkylation sites (N-methyl/N-ethyl adjacent to an activating group) is 1. The molecule has 0 bridgehead atoms. The SMILES string of the molecule is CN(CCCCCO)CCOc1ccc(C(C)(C)C)cc1. The third-order valence-electron chi connectivity index (χ3n) is 3.66. The van der Waals surface area contributed by atoms with E-state index in [1.165, 1.54) is 5.56 Å². The smallest absolute Gasteiger partial charge is 0.119 e. The van der Waals surface area contributed by atoms with Crippen LogP contribution in [0.4, 0.5) is 0 Å². The van der Waals surface area contributed by atoms with Gasteiger partial charge in [0.15, 0.2) is 0 Å². The molecule has 0 saturated carbocycles. The third kappa shape index (κ3) is 7.49. The van der Waals surface area contributed by atoms with Gasteiger partial charge in [0.2, 0.25) is 0 Å². The molecule has 0 radical (unpaired) electrons. The molecule has 21 heavy (non-hydrogen) atoms. The van der Waals surface area contributed by atoms with Crippen molar-refractivity contribution in [2.75, 3.05) is 33.4 Å². The van der Waals surface area contributed by atoms with Crippen molar-refractivity contribution in [3.63, 3.8) is 0 Å². The summed E-state index contributed by atoms with van der Waals surface area (Å²) in [6.45, 7) is 9.66. The van der Waals surface area contributed by atoms with Crippen LogP contribution in [0.1, 0.15) is 45.6 Å². The number of aliphatic hydroxyl groups is 1. The summed E-state index contributed by atoms with van der Waals surface area (Å²) in [6, 6.07) is 8.41. The second-order valence-corrected chi connectivity index (χ2v) is 6.71. The lowest BCUT2D eigenvalue weighted by molar-refractivity contribution is 0.230. The van der Waals surface area contributed by atoms with Gasteiger partial charge in [0.05, 0.1) is 0 Å². The first-order chi connectivity index (χ1) is 9.93. The Bertz CT molecular complexity index is 381. The number of hydrogen-bond donors (Lipinski definition) is 1. The van der Waals surface area contributed by atoms with Crippen LogP contribution in [0.25, 0.3) is 0 Å². The molecule has 0 atom stereocenters. The lowest BCUT2D eigenvalue weighted by atomic mass is 9.87. The average molecular weight is 293 g/mol. The van der Waals surface area contributed by atoms with Crippen LogP contribution >= 0.6 is 0 Å². The Balaban J connectivity index is 2.23. The van der Waals surface area contributed by atoms with Crippen molar-refractivity contribution in [3.05, 3.63) is 29.8 Å². The highest BCUT2D eigenvalue weighted by Crippen LogP contribution is 2.24. The summed E-state index contributed by atoms with van der Waals surface area (Å²) >= 11 is 0. The number of unbranched alkanes of at least 4 members (excludes halogenated alkanes) is 2. The molecule has 0 aliphatic rings. The standard InChI is InChI=1S/C18H31NO2/c1-18(2,3)16-8-10-17(11-9-16)21-15-13-19(4)12-6-5-7-14-20/h8-11,20H,5-7,12-15H2,1-4H3. The van der Waals surface area contributed by atoms with Gasteiger partial charge in [-0.25, -0.2) is 0 Å². The van der Waals surface area contributed by atoms with Crippen molar-refractivity contribution >= 4 is 0 Å². The number of benzene rings is 1. The first-order valence-corrected chi connectivity index (χ1v) is 7.96. The summed E-state index contributed by atoms with van der Waals surface area (Å²) in [5.74, 6) is 0.941. The van der Waals surface area contributed by atoms with E-state index in [0.29, 0.717) is 13.2 Å². The normalized spacial score (nSPS) is 11.9. The highest BCUT2D eigenvalue weighted by atomic mass is 16.5. The molecule has 0 heterocycles. The fourth-order valence-corrected chi connectivity index (χ4v) is 2.15. The molecule has 0 fully saturated rings. The van der Waals surface area contributed by atoms with Crippen LogP contribution in [-0.4, -0.2) is 43.4 Å². The van der Waals surface area contributed by atoms with Crippen molar-refractivity contribution in [2.24, 2.45) is 0 Å². The molecule has 0 unspecified atom stereocenters. The fourth-order valence-electron chi connectivity index (χ4n) is 2.15. The van der Waals surface area contributed by atoms with E-state index in [2.05, 4.69) is 57.0 Å². The van der Waals surface area contributed by atoms with E-state index in [-0.39, 0.29) is 5.41 Å². The third-order valence-corrected chi connectivity index (χ3v) is 3.66. The topological polar surface area (TPSA) is 32.7 Å². The van der Waals surface area contributed by atoms with E-state index < -0.39 is 0 Å². The van der Waals surface area contributed by atoms with Gasteiger partial charge >= 0.3 is 0 Å². The Labute approximate surface area is 129 Å². The molecule has 1 aromatic carbocycles. The predicted octanol–water partition coefficient (Wildman–Crippen LogP) is 3.46. The molecule has 1 N–H and O–H groups in total. The van der Waals surface area contributed by atoms with Gasteiger partial charge in [0, 0.05) is 13.2 Å². The summed E-state index contributed by atoms with van der Waals surface area (Å²) in [7, 11) is 2.12. The van der Waals surface area contributed by atoms with Gasteiger partial charge in [-0.1, -0.05) is 32.9 Å². The first-order valence-electron chi connectivity index (χ1n) is 7.96. The largest absolute Gasteiger partial charge is 0.492 e. The molecule has 0 aromatic heterocycles. The van der Waals surface area contributed by atoms with Crippen molar-refractivity contribution in [3.8, 4) is 5.75 Å². The summed E-state index contributed by atoms with van der Waals surface area (Å²) in [5, 5.41) is 8.74. The molecule has 0 saturated heterocycles. The number of aliphatic hydroxyl groups excluding tert-OH is 1. The van der Waals surface area contributed by atoms with Gasteiger partial charge < -0.3 is 14.7 Å². The lowest BCUT2D eigenvalue weighted by Gasteiger charge is -2.20. The molecule has 3 heteroatoms. The van der Waals surface area contributed by atoms with Gasteiger partial charge in [0.1, 0.15) is 12.4 Å². The molecule has 0 aliphatic carbocycles. The van der Waals surface area contributed by atoms with Crippen molar-refractivity contribution < 1.29 is 9.84 Å². The minimum Gasteiger partial charge on any atom is -0.492 e. The van der Waals surface area contributed by atoms with Gasteiger partial charge in [-0.2, -0.15) is 0 Å². The van der Waals surface area contributed by atoms with E-state index in [4.69, 9.17) is 9.84 Å². The van der Waals surface area contributed by atoms with Crippen LogP contribution in [-0.2, 0) is 5.41 Å². The van der Waals surface area contributed by atoms with E-state index in [1.807, 2.05) is 0 Å². The Morgan fingerprint density at radius 1 is 1.00 bits per heavy atom. The lowest BCUT2D eigenvalue weighted by Crippen LogP contribution is -2.25. The summed E-state index contributed by atoms with van der Waals surface area (Å²) in [4.78, 5) is 2.28. The Morgan fingerprint density at radius 2 is 1.67 bits per heavy atom. The molecule has 3 nitrogen and oxygen atoms in total. The summed E-state index contributed by atoms with van der Waals surface area (Å²) < 4.78 is 5.79. The minimum absolute atomic E-state index is 0.188. The molecular weight excluding hydrogens is 262 g/mol. The first kappa shape index (κ1) is 18.0. The molecule has 0 aliphatic heterocycles. The molecule has 0 spiro atoms. The number of nitrogens with zero attached hydrogens (tertiary/aromatic N) is 1. The number of hydrogen-bond acceptors (Lipinski definition) is 3. The highest BCUT2D eigenvalue weighted by Gasteiger charge is 2.12. The minimum atomic E-state index is 0.188. The monoisotopic (exact) mass is 293 g/mol. The van der Waals surface area contributed by atoms with Crippen LogP contribution in [0.5, 0.6) is 5.75 Å². The molecule has 1 rings (SSSR count). The zero-order valence-corrected chi connectivity index (χ0v) is 14.1. The molecule has 120 valence electrons. The Hall–Kier alpha value is -1.06. The summed E-state index contributed by atoms with van der Waals surface area (Å²) in [6.07, 6.45) is 3.14. The quantitative estimate of drug-likeness (QED) is 0.708. The molecule has 1 aromatic rings. The zero-order chi connectivity index (χ0) is 15.7.